The maximum Gasteiger partial charge on any atom is 0.306 e. The minimum Gasteiger partial charge on any atom is -0.462 e. The Balaban J connectivity index is 1.53. The third kappa shape index (κ3) is 3.39. The zero-order chi connectivity index (χ0) is 15.5. The fraction of sp³-hybridized carbons (Fsp3) is 0.500. The van der Waals surface area contributed by atoms with Crippen LogP contribution in [0.1, 0.15) is 24.8 Å². The Morgan fingerprint density at radius 2 is 2.09 bits per heavy atom. The monoisotopic (exact) mass is 302 g/mol. The predicted octanol–water partition coefficient (Wildman–Crippen LogP) is 1.85. The molecule has 0 bridgehead atoms. The molecule has 2 fully saturated rings. The number of hydrogen-bond acceptors (Lipinski definition) is 4. The van der Waals surface area contributed by atoms with Crippen molar-refractivity contribution in [2.75, 3.05) is 0 Å². The van der Waals surface area contributed by atoms with Crippen LogP contribution in [-0.2, 0) is 16.0 Å². The van der Waals surface area contributed by atoms with Crippen LogP contribution < -0.4 is 0 Å². The number of hydrogen-bond donors (Lipinski definition) is 2. The van der Waals surface area contributed by atoms with E-state index in [1.54, 1.807) is 6.08 Å². The molecule has 1 aromatic carbocycles. The van der Waals surface area contributed by atoms with Crippen LogP contribution in [0.25, 0.3) is 0 Å². The van der Waals surface area contributed by atoms with Crippen LogP contribution in [-0.4, -0.2) is 34.5 Å². The molecule has 2 N–H and O–H groups in total. The normalized spacial score (nSPS) is 32.2. The Morgan fingerprint density at radius 3 is 2.86 bits per heavy atom. The summed E-state index contributed by atoms with van der Waals surface area (Å²) in [7, 11) is 0. The highest BCUT2D eigenvalue weighted by Crippen LogP contribution is 2.42. The number of aliphatic hydroxyl groups is 2. The van der Waals surface area contributed by atoms with E-state index in [0.29, 0.717) is 19.3 Å². The highest BCUT2D eigenvalue weighted by atomic mass is 16.6. The van der Waals surface area contributed by atoms with Gasteiger partial charge < -0.3 is 14.9 Å². The van der Waals surface area contributed by atoms with Crippen molar-refractivity contribution in [2.24, 2.45) is 11.8 Å². The van der Waals surface area contributed by atoms with E-state index in [2.05, 4.69) is 0 Å². The summed E-state index contributed by atoms with van der Waals surface area (Å²) in [4.78, 5) is 11.3. The van der Waals surface area contributed by atoms with Gasteiger partial charge in [-0.05, 0) is 18.4 Å². The first-order valence-corrected chi connectivity index (χ1v) is 7.91. The summed E-state index contributed by atoms with van der Waals surface area (Å²) in [6.45, 7) is 0. The highest BCUT2D eigenvalue weighted by Gasteiger charge is 2.48. The van der Waals surface area contributed by atoms with Gasteiger partial charge >= 0.3 is 5.97 Å². The van der Waals surface area contributed by atoms with E-state index in [0.717, 1.165) is 6.42 Å². The number of rotatable bonds is 5. The summed E-state index contributed by atoms with van der Waals surface area (Å²) in [6.07, 6.45) is 4.78. The Morgan fingerprint density at radius 1 is 1.32 bits per heavy atom. The number of aryl methyl sites for hydroxylation is 1. The molecule has 118 valence electrons. The SMILES string of the molecule is O=C1C[C@H]2[C@H](CC(O)[C@@H]2/C=C/[C@@H](O)CCc2ccccc2)O1. The molecule has 5 atom stereocenters. The van der Waals surface area contributed by atoms with Gasteiger partial charge in [0.2, 0.25) is 0 Å². The molecule has 4 heteroatoms. The first kappa shape index (κ1) is 15.3. The van der Waals surface area contributed by atoms with Gasteiger partial charge in [0.05, 0.1) is 18.6 Å². The highest BCUT2D eigenvalue weighted by molar-refractivity contribution is 5.72. The van der Waals surface area contributed by atoms with Crippen molar-refractivity contribution in [1.29, 1.82) is 0 Å². The maximum absolute atomic E-state index is 11.3. The van der Waals surface area contributed by atoms with Gasteiger partial charge in [-0.25, -0.2) is 0 Å². The van der Waals surface area contributed by atoms with Crippen LogP contribution in [0.3, 0.4) is 0 Å². The van der Waals surface area contributed by atoms with Crippen molar-refractivity contribution in [3.8, 4) is 0 Å². The molecule has 4 nitrogen and oxygen atoms in total. The van der Waals surface area contributed by atoms with Crippen molar-refractivity contribution in [1.82, 2.24) is 0 Å². The van der Waals surface area contributed by atoms with Crippen LogP contribution in [0.4, 0.5) is 0 Å². The molecule has 1 aromatic rings. The second-order valence-corrected chi connectivity index (χ2v) is 6.25. The van der Waals surface area contributed by atoms with E-state index in [4.69, 9.17) is 4.74 Å². The van der Waals surface area contributed by atoms with Gasteiger partial charge in [0.1, 0.15) is 6.10 Å². The van der Waals surface area contributed by atoms with Crippen LogP contribution in [0.5, 0.6) is 0 Å². The van der Waals surface area contributed by atoms with Gasteiger partial charge in [0.15, 0.2) is 0 Å². The number of benzene rings is 1. The summed E-state index contributed by atoms with van der Waals surface area (Å²) in [5.74, 6) is -0.215. The Labute approximate surface area is 130 Å². The van der Waals surface area contributed by atoms with Crippen LogP contribution in [0.2, 0.25) is 0 Å². The molecule has 3 rings (SSSR count). The molecule has 1 saturated carbocycles. The molecule has 1 unspecified atom stereocenters. The van der Waals surface area contributed by atoms with E-state index < -0.39 is 12.2 Å². The van der Waals surface area contributed by atoms with Crippen molar-refractivity contribution in [3.63, 3.8) is 0 Å². The lowest BCUT2D eigenvalue weighted by molar-refractivity contribution is -0.141. The average molecular weight is 302 g/mol. The smallest absolute Gasteiger partial charge is 0.306 e. The molecule has 0 spiro atoms. The van der Waals surface area contributed by atoms with Crippen molar-refractivity contribution in [3.05, 3.63) is 48.0 Å². The summed E-state index contributed by atoms with van der Waals surface area (Å²) < 4.78 is 5.20. The van der Waals surface area contributed by atoms with Gasteiger partial charge in [-0.1, -0.05) is 42.5 Å². The van der Waals surface area contributed by atoms with Crippen LogP contribution in [0.15, 0.2) is 42.5 Å². The third-order valence-electron chi connectivity index (χ3n) is 4.70. The van der Waals surface area contributed by atoms with Gasteiger partial charge in [-0.3, -0.25) is 4.79 Å². The molecule has 0 radical (unpaired) electrons. The minimum atomic E-state index is -0.538. The van der Waals surface area contributed by atoms with Gasteiger partial charge in [-0.2, -0.15) is 0 Å². The molecule has 0 amide bonds. The lowest BCUT2D eigenvalue weighted by Gasteiger charge is -2.15. The topological polar surface area (TPSA) is 66.8 Å². The summed E-state index contributed by atoms with van der Waals surface area (Å²) in [5, 5.41) is 20.2. The molecule has 1 heterocycles. The van der Waals surface area contributed by atoms with Gasteiger partial charge in [-0.15, -0.1) is 0 Å². The molecule has 1 aliphatic carbocycles. The Hall–Kier alpha value is -1.65. The van der Waals surface area contributed by atoms with E-state index in [9.17, 15) is 15.0 Å². The maximum atomic E-state index is 11.3. The van der Waals surface area contributed by atoms with E-state index >= 15 is 0 Å². The molecule has 1 aliphatic heterocycles. The molecule has 22 heavy (non-hydrogen) atoms. The summed E-state index contributed by atoms with van der Waals surface area (Å²) >= 11 is 0. The first-order valence-electron chi connectivity index (χ1n) is 7.91. The summed E-state index contributed by atoms with van der Waals surface area (Å²) in [6, 6.07) is 10.0. The minimum absolute atomic E-state index is 0.0556. The fourth-order valence-electron chi connectivity index (χ4n) is 3.50. The quantitative estimate of drug-likeness (QED) is 0.643. The molecule has 0 aromatic heterocycles. The Bertz CT molecular complexity index is 539. The number of fused-ring (bicyclic) bond motifs is 1. The standard InChI is InChI=1S/C18H22O4/c19-13(7-6-12-4-2-1-3-5-12)8-9-14-15-10-18(21)22-17(15)11-16(14)20/h1-5,8-9,13-17,19-20H,6-7,10-11H2/b9-8+/t13-,14+,15+,16?,17-/m0/s1. The molecule has 1 saturated heterocycles. The average Bonchev–Trinajstić information content (AvgIpc) is 2.99. The molecule has 2 aliphatic rings. The molecular formula is C18H22O4. The zero-order valence-electron chi connectivity index (χ0n) is 12.5. The number of carbonyl (C=O) groups excluding carboxylic acids is 1. The van der Waals surface area contributed by atoms with E-state index in [1.165, 1.54) is 5.56 Å². The second kappa shape index (κ2) is 6.63. The third-order valence-corrected chi connectivity index (χ3v) is 4.70. The predicted molar refractivity (Wildman–Crippen MR) is 82.0 cm³/mol. The van der Waals surface area contributed by atoms with Crippen LogP contribution in [0, 0.1) is 11.8 Å². The lowest BCUT2D eigenvalue weighted by atomic mass is 9.91. The van der Waals surface area contributed by atoms with Gasteiger partial charge in [0, 0.05) is 18.3 Å². The lowest BCUT2D eigenvalue weighted by Crippen LogP contribution is -2.18. The number of carbonyl (C=O) groups is 1. The largest absolute Gasteiger partial charge is 0.462 e. The van der Waals surface area contributed by atoms with Gasteiger partial charge in [0.25, 0.3) is 0 Å². The number of esters is 1. The molecular weight excluding hydrogens is 280 g/mol. The van der Waals surface area contributed by atoms with Crippen LogP contribution >= 0.6 is 0 Å². The van der Waals surface area contributed by atoms with Crippen molar-refractivity contribution >= 4 is 5.97 Å². The zero-order valence-corrected chi connectivity index (χ0v) is 12.5. The second-order valence-electron chi connectivity index (χ2n) is 6.25. The Kier molecular flexibility index (Phi) is 4.60. The number of ether oxygens (including phenoxy) is 1. The van der Waals surface area contributed by atoms with E-state index in [-0.39, 0.29) is 23.9 Å². The fourth-order valence-corrected chi connectivity index (χ4v) is 3.50. The van der Waals surface area contributed by atoms with Crippen molar-refractivity contribution < 1.29 is 19.7 Å². The number of aliphatic hydroxyl groups excluding tert-OH is 2. The first-order chi connectivity index (χ1) is 10.6. The summed E-state index contributed by atoms with van der Waals surface area (Å²) in [5.41, 5.74) is 1.20. The van der Waals surface area contributed by atoms with Crippen molar-refractivity contribution in [2.45, 2.75) is 44.0 Å². The van der Waals surface area contributed by atoms with E-state index in [1.807, 2.05) is 36.4 Å².